The van der Waals surface area contributed by atoms with Crippen molar-refractivity contribution in [2.24, 2.45) is 0 Å². The average molecular weight is 502 g/mol. The molecule has 0 unspecified atom stereocenters. The van der Waals surface area contributed by atoms with Crippen LogP contribution in [0.5, 0.6) is 0 Å². The topological polar surface area (TPSA) is 150 Å². The summed E-state index contributed by atoms with van der Waals surface area (Å²) in [5, 5.41) is 13.9. The highest BCUT2D eigenvalue weighted by atomic mass is 32.2. The summed E-state index contributed by atoms with van der Waals surface area (Å²) in [6, 6.07) is 13.1. The lowest BCUT2D eigenvalue weighted by Gasteiger charge is -2.34. The zero-order chi connectivity index (χ0) is 25.4. The number of para-hydroxylation sites is 1. The molecule has 0 radical (unpaired) electrons. The average Bonchev–Trinajstić information content (AvgIpc) is 3.08. The van der Waals surface area contributed by atoms with Gasteiger partial charge < -0.3 is 10.2 Å². The van der Waals surface area contributed by atoms with E-state index in [1.165, 1.54) is 23.1 Å². The Kier molecular flexibility index (Phi) is 6.30. The van der Waals surface area contributed by atoms with Crippen LogP contribution >= 0.6 is 0 Å². The Bertz CT molecular complexity index is 1290. The number of nitrogens with zero attached hydrogens (tertiary/aromatic N) is 4. The minimum atomic E-state index is -4.15. The first-order chi connectivity index (χ1) is 16.6. The van der Waals surface area contributed by atoms with E-state index in [9.17, 15) is 32.9 Å². The number of piperazine rings is 1. The van der Waals surface area contributed by atoms with Gasteiger partial charge in [0, 0.05) is 32.2 Å². The minimum Gasteiger partial charge on any atom is -0.338 e. The molecule has 2 aromatic rings. The molecule has 4 rings (SSSR count). The van der Waals surface area contributed by atoms with Crippen molar-refractivity contribution in [3.05, 3.63) is 70.3 Å². The second-order valence-corrected chi connectivity index (χ2v) is 10.2. The summed E-state index contributed by atoms with van der Waals surface area (Å²) >= 11 is 0. The summed E-state index contributed by atoms with van der Waals surface area (Å²) in [6.07, 6.45) is 0. The minimum absolute atomic E-state index is 0.0122. The molecule has 1 N–H and O–H groups in total. The van der Waals surface area contributed by atoms with Gasteiger partial charge in [-0.05, 0) is 18.6 Å². The largest absolute Gasteiger partial charge is 0.338 e. The van der Waals surface area contributed by atoms with Crippen molar-refractivity contribution in [2.75, 3.05) is 32.7 Å². The Balaban J connectivity index is 1.42. The smallest absolute Gasteiger partial charge is 0.325 e. The summed E-state index contributed by atoms with van der Waals surface area (Å²) in [5.41, 5.74) is -1.23. The highest BCUT2D eigenvalue weighted by Crippen LogP contribution is 2.29. The number of carbonyl (C=O) groups excluding carboxylic acids is 3. The summed E-state index contributed by atoms with van der Waals surface area (Å²) < 4.78 is 27.0. The molecule has 1 atom stereocenters. The first kappa shape index (κ1) is 24.3. The van der Waals surface area contributed by atoms with Crippen LogP contribution in [0.1, 0.15) is 12.5 Å². The number of sulfonamides is 1. The molecule has 2 aromatic carbocycles. The van der Waals surface area contributed by atoms with Crippen LogP contribution < -0.4 is 5.32 Å². The van der Waals surface area contributed by atoms with E-state index in [1.807, 2.05) is 0 Å². The molecule has 2 aliphatic rings. The van der Waals surface area contributed by atoms with E-state index in [2.05, 4.69) is 5.32 Å². The highest BCUT2D eigenvalue weighted by molar-refractivity contribution is 7.89. The Morgan fingerprint density at radius 3 is 2.26 bits per heavy atom. The van der Waals surface area contributed by atoms with Crippen molar-refractivity contribution in [3.8, 4) is 0 Å². The van der Waals surface area contributed by atoms with E-state index in [-0.39, 0.29) is 26.2 Å². The van der Waals surface area contributed by atoms with Crippen LogP contribution in [0.3, 0.4) is 0 Å². The van der Waals surface area contributed by atoms with Gasteiger partial charge in [0.2, 0.25) is 15.9 Å². The predicted molar refractivity (Wildman–Crippen MR) is 122 cm³/mol. The van der Waals surface area contributed by atoms with Gasteiger partial charge in [-0.2, -0.15) is 4.31 Å². The molecule has 0 spiro atoms. The summed E-state index contributed by atoms with van der Waals surface area (Å²) in [4.78, 5) is 50.7. The van der Waals surface area contributed by atoms with Gasteiger partial charge >= 0.3 is 6.03 Å². The lowest BCUT2D eigenvalue weighted by atomic mass is 9.92. The van der Waals surface area contributed by atoms with Crippen molar-refractivity contribution in [2.45, 2.75) is 17.4 Å². The summed E-state index contributed by atoms with van der Waals surface area (Å²) in [5.74, 6) is -1.06. The van der Waals surface area contributed by atoms with Crippen LogP contribution in [0.2, 0.25) is 0 Å². The maximum Gasteiger partial charge on any atom is 0.325 e. The second kappa shape index (κ2) is 9.07. The van der Waals surface area contributed by atoms with Crippen molar-refractivity contribution in [1.82, 2.24) is 19.4 Å². The van der Waals surface area contributed by atoms with E-state index in [4.69, 9.17) is 0 Å². The number of imide groups is 1. The molecular weight excluding hydrogens is 478 g/mol. The third-order valence-corrected chi connectivity index (χ3v) is 8.14. The monoisotopic (exact) mass is 501 g/mol. The number of nitrogens with one attached hydrogen (secondary N) is 1. The third kappa shape index (κ3) is 4.35. The van der Waals surface area contributed by atoms with Crippen LogP contribution in [-0.4, -0.2) is 78.0 Å². The molecule has 4 amide bonds. The molecule has 0 aliphatic carbocycles. The number of urea groups is 1. The lowest BCUT2D eigenvalue weighted by Crippen LogP contribution is -2.53. The summed E-state index contributed by atoms with van der Waals surface area (Å²) in [6.45, 7) is 0.948. The fourth-order valence-electron chi connectivity index (χ4n) is 4.19. The van der Waals surface area contributed by atoms with Gasteiger partial charge in [-0.15, -0.1) is 0 Å². The van der Waals surface area contributed by atoms with Crippen molar-refractivity contribution in [3.63, 3.8) is 0 Å². The number of hydrogen-bond acceptors (Lipinski definition) is 7. The second-order valence-electron chi connectivity index (χ2n) is 8.32. The predicted octanol–water partition coefficient (Wildman–Crippen LogP) is 0.895. The molecule has 2 aliphatic heterocycles. The zero-order valence-electron chi connectivity index (χ0n) is 18.8. The first-order valence-electron chi connectivity index (χ1n) is 10.8. The van der Waals surface area contributed by atoms with E-state index < -0.39 is 55.5 Å². The molecule has 2 heterocycles. The van der Waals surface area contributed by atoms with Crippen LogP contribution in [0.25, 0.3) is 0 Å². The normalized spacial score (nSPS) is 21.2. The van der Waals surface area contributed by atoms with Crippen molar-refractivity contribution < 1.29 is 27.7 Å². The maximum atomic E-state index is 13.0. The molecule has 2 fully saturated rings. The number of carbonyl (C=O) groups is 3. The third-order valence-electron chi connectivity index (χ3n) is 6.19. The van der Waals surface area contributed by atoms with Crippen LogP contribution in [-0.2, 0) is 25.2 Å². The Morgan fingerprint density at radius 2 is 1.63 bits per heavy atom. The van der Waals surface area contributed by atoms with Gasteiger partial charge in [-0.1, -0.05) is 42.5 Å². The highest BCUT2D eigenvalue weighted by Gasteiger charge is 2.49. The van der Waals surface area contributed by atoms with E-state index in [0.717, 1.165) is 15.3 Å². The lowest BCUT2D eigenvalue weighted by molar-refractivity contribution is -0.387. The number of benzene rings is 2. The fourth-order valence-corrected chi connectivity index (χ4v) is 5.77. The number of nitro groups is 1. The number of rotatable bonds is 6. The molecule has 35 heavy (non-hydrogen) atoms. The fraction of sp³-hybridized carbons (Fsp3) is 0.318. The molecule has 2 saturated heterocycles. The van der Waals surface area contributed by atoms with E-state index >= 15 is 0 Å². The van der Waals surface area contributed by atoms with Crippen LogP contribution in [0, 0.1) is 10.1 Å². The molecule has 13 heteroatoms. The van der Waals surface area contributed by atoms with Gasteiger partial charge in [0.25, 0.3) is 11.6 Å². The molecule has 0 bridgehead atoms. The first-order valence-corrected chi connectivity index (χ1v) is 12.2. The van der Waals surface area contributed by atoms with Gasteiger partial charge in [0.15, 0.2) is 4.90 Å². The summed E-state index contributed by atoms with van der Waals surface area (Å²) in [7, 11) is -4.15. The van der Waals surface area contributed by atoms with Gasteiger partial charge in [0.1, 0.15) is 12.1 Å². The van der Waals surface area contributed by atoms with E-state index in [1.54, 1.807) is 37.3 Å². The maximum absolute atomic E-state index is 13.0. The molecule has 0 aromatic heterocycles. The SMILES string of the molecule is C[C@]1(c2ccccc2)NC(=O)N(CC(=O)N2CCN(S(=O)(=O)c3ccccc3[N+](=O)[O-])CC2)C1=O. The number of nitro benzene ring substituents is 1. The van der Waals surface area contributed by atoms with Gasteiger partial charge in [-0.3, -0.25) is 24.6 Å². The van der Waals surface area contributed by atoms with E-state index in [0.29, 0.717) is 5.56 Å². The Labute approximate surface area is 201 Å². The quantitative estimate of drug-likeness (QED) is 0.351. The van der Waals surface area contributed by atoms with Crippen molar-refractivity contribution >= 4 is 33.6 Å². The molecule has 12 nitrogen and oxygen atoms in total. The van der Waals surface area contributed by atoms with Gasteiger partial charge in [0.05, 0.1) is 4.92 Å². The molecular formula is C22H23N5O7S. The molecule has 184 valence electrons. The van der Waals surface area contributed by atoms with Gasteiger partial charge in [-0.25, -0.2) is 13.2 Å². The number of hydrogen-bond donors (Lipinski definition) is 1. The number of amides is 4. The Morgan fingerprint density at radius 1 is 1.03 bits per heavy atom. The van der Waals surface area contributed by atoms with Crippen LogP contribution in [0.15, 0.2) is 59.5 Å². The molecule has 0 saturated carbocycles. The van der Waals surface area contributed by atoms with Crippen molar-refractivity contribution in [1.29, 1.82) is 0 Å². The van der Waals surface area contributed by atoms with Crippen LogP contribution in [0.4, 0.5) is 10.5 Å². The zero-order valence-corrected chi connectivity index (χ0v) is 19.6. The Hall–Kier alpha value is -3.84. The standard InChI is InChI=1S/C22H23N5O7S/c1-22(16-7-3-2-4-8-16)20(29)26(21(30)23-22)15-19(28)24-11-13-25(14-12-24)35(33,34)18-10-6-5-9-17(18)27(31)32/h2-10H,11-15H2,1H3,(H,23,30)/t22-/m1/s1.